The molecule has 1 N–H and O–H groups in total. The van der Waals surface area contributed by atoms with E-state index in [0.29, 0.717) is 37.4 Å². The summed E-state index contributed by atoms with van der Waals surface area (Å²) in [6, 6.07) is 7.83. The van der Waals surface area contributed by atoms with Crippen LogP contribution in [0.15, 0.2) is 24.3 Å². The van der Waals surface area contributed by atoms with Gasteiger partial charge in [-0.2, -0.15) is 0 Å². The fourth-order valence-corrected chi connectivity index (χ4v) is 4.97. The molecule has 2 heterocycles. The van der Waals surface area contributed by atoms with Gasteiger partial charge in [-0.1, -0.05) is 38.8 Å². The molecule has 1 aromatic carbocycles. The van der Waals surface area contributed by atoms with E-state index < -0.39 is 5.54 Å². The van der Waals surface area contributed by atoms with Crippen molar-refractivity contribution in [3.63, 3.8) is 0 Å². The lowest BCUT2D eigenvalue weighted by molar-refractivity contribution is -0.134. The first-order valence-electron chi connectivity index (χ1n) is 10.9. The molecule has 2 aromatic rings. The number of carbonyl (C=O) groups is 2. The Morgan fingerprint density at radius 3 is 2.83 bits per heavy atom. The molecule has 1 fully saturated rings. The maximum atomic E-state index is 13.6. The minimum Gasteiger partial charge on any atom is -0.383 e. The van der Waals surface area contributed by atoms with Gasteiger partial charge in [0, 0.05) is 19.7 Å². The quantitative estimate of drug-likeness (QED) is 0.819. The first-order valence-corrected chi connectivity index (χ1v) is 10.9. The van der Waals surface area contributed by atoms with Crippen molar-refractivity contribution in [3.05, 3.63) is 30.1 Å². The van der Waals surface area contributed by atoms with Gasteiger partial charge in [0.1, 0.15) is 5.54 Å². The van der Waals surface area contributed by atoms with Gasteiger partial charge in [-0.3, -0.25) is 9.59 Å². The monoisotopic (exact) mass is 412 g/mol. The predicted molar refractivity (Wildman–Crippen MR) is 115 cm³/mol. The summed E-state index contributed by atoms with van der Waals surface area (Å²) in [5.74, 6) is 1.07. The summed E-state index contributed by atoms with van der Waals surface area (Å²) in [4.78, 5) is 33.3. The third-order valence-electron chi connectivity index (χ3n) is 7.18. The van der Waals surface area contributed by atoms with Gasteiger partial charge >= 0.3 is 0 Å². The van der Waals surface area contributed by atoms with Gasteiger partial charge in [0.05, 0.1) is 24.2 Å². The smallest absolute Gasteiger partial charge is 0.290 e. The predicted octanol–water partition coefficient (Wildman–Crippen LogP) is 2.84. The van der Waals surface area contributed by atoms with Crippen molar-refractivity contribution >= 4 is 22.8 Å². The number of benzene rings is 1. The van der Waals surface area contributed by atoms with E-state index in [4.69, 9.17) is 4.74 Å². The van der Waals surface area contributed by atoms with E-state index >= 15 is 0 Å². The number of hydrogen-bond acceptors (Lipinski definition) is 4. The number of rotatable bonds is 5. The summed E-state index contributed by atoms with van der Waals surface area (Å²) >= 11 is 0. The Kier molecular flexibility index (Phi) is 5.57. The standard InChI is InChI=1S/C23H32N4O3/c1-15-8-7-10-17(16(15)2)25-22(29)23(3)14-26-19-11-6-5-9-18(19)24-20(26)21(28)27(23)12-13-30-4/h5-6,9,11,15-17H,7-8,10,12-14H2,1-4H3,(H,25,29). The van der Waals surface area contributed by atoms with Crippen molar-refractivity contribution < 1.29 is 14.3 Å². The number of methoxy groups -OCH3 is 1. The van der Waals surface area contributed by atoms with Crippen LogP contribution in [0.3, 0.4) is 0 Å². The highest BCUT2D eigenvalue weighted by Crippen LogP contribution is 2.33. The molecule has 0 saturated heterocycles. The molecule has 1 aliphatic heterocycles. The van der Waals surface area contributed by atoms with Crippen LogP contribution in [0, 0.1) is 11.8 Å². The second-order valence-electron chi connectivity index (χ2n) is 9.08. The normalized spacial score (nSPS) is 29.1. The first kappa shape index (κ1) is 20.8. The molecule has 4 rings (SSSR count). The molecule has 4 unspecified atom stereocenters. The Morgan fingerprint density at radius 2 is 2.07 bits per heavy atom. The average molecular weight is 413 g/mol. The van der Waals surface area contributed by atoms with E-state index in [1.54, 1.807) is 12.0 Å². The van der Waals surface area contributed by atoms with E-state index in [1.165, 1.54) is 6.42 Å². The summed E-state index contributed by atoms with van der Waals surface area (Å²) in [6.07, 6.45) is 3.31. The molecule has 1 aromatic heterocycles. The molecular formula is C23H32N4O3. The molecule has 1 saturated carbocycles. The Labute approximate surface area is 177 Å². The van der Waals surface area contributed by atoms with Crippen LogP contribution in [-0.2, 0) is 16.1 Å². The molecule has 7 heteroatoms. The lowest BCUT2D eigenvalue weighted by Gasteiger charge is -2.45. The third-order valence-corrected chi connectivity index (χ3v) is 7.18. The number of para-hydroxylation sites is 2. The largest absolute Gasteiger partial charge is 0.383 e. The minimum atomic E-state index is -1.01. The second-order valence-corrected chi connectivity index (χ2v) is 9.08. The van der Waals surface area contributed by atoms with Crippen LogP contribution < -0.4 is 5.32 Å². The Balaban J connectivity index is 1.69. The van der Waals surface area contributed by atoms with Gasteiger partial charge in [-0.15, -0.1) is 0 Å². The SMILES string of the molecule is COCCN1C(=O)c2nc3ccccc3n2CC1(C)C(=O)NC1CCCC(C)C1C. The van der Waals surface area contributed by atoms with E-state index in [2.05, 4.69) is 24.1 Å². The number of hydrogen-bond donors (Lipinski definition) is 1. The fourth-order valence-electron chi connectivity index (χ4n) is 4.97. The minimum absolute atomic E-state index is 0.0960. The van der Waals surface area contributed by atoms with E-state index in [0.717, 1.165) is 23.9 Å². The number of ether oxygens (including phenoxy) is 1. The van der Waals surface area contributed by atoms with Crippen LogP contribution in [-0.4, -0.2) is 58.1 Å². The highest BCUT2D eigenvalue weighted by Gasteiger charge is 2.49. The zero-order valence-electron chi connectivity index (χ0n) is 18.4. The number of aromatic nitrogens is 2. The third kappa shape index (κ3) is 3.39. The zero-order chi connectivity index (χ0) is 21.5. The lowest BCUT2D eigenvalue weighted by atomic mass is 9.77. The highest BCUT2D eigenvalue weighted by molar-refractivity contribution is 6.01. The average Bonchev–Trinajstić information content (AvgIpc) is 3.10. The molecule has 1 aliphatic carbocycles. The topological polar surface area (TPSA) is 76.5 Å². The first-order chi connectivity index (χ1) is 14.4. The van der Waals surface area contributed by atoms with E-state index in [9.17, 15) is 9.59 Å². The van der Waals surface area contributed by atoms with Crippen LogP contribution in [0.5, 0.6) is 0 Å². The van der Waals surface area contributed by atoms with Crippen LogP contribution >= 0.6 is 0 Å². The van der Waals surface area contributed by atoms with Crippen molar-refractivity contribution in [1.82, 2.24) is 19.8 Å². The van der Waals surface area contributed by atoms with Crippen molar-refractivity contribution in [2.24, 2.45) is 11.8 Å². The van der Waals surface area contributed by atoms with Crippen molar-refractivity contribution in [2.75, 3.05) is 20.3 Å². The number of fused-ring (bicyclic) bond motifs is 3. The molecule has 4 atom stereocenters. The summed E-state index contributed by atoms with van der Waals surface area (Å²) in [7, 11) is 1.60. The van der Waals surface area contributed by atoms with Crippen molar-refractivity contribution in [1.29, 1.82) is 0 Å². The molecular weight excluding hydrogens is 380 g/mol. The van der Waals surface area contributed by atoms with Crippen molar-refractivity contribution in [3.8, 4) is 0 Å². The molecule has 2 aliphatic rings. The number of amides is 2. The lowest BCUT2D eigenvalue weighted by Crippen LogP contribution is -2.66. The molecule has 0 radical (unpaired) electrons. The maximum Gasteiger partial charge on any atom is 0.290 e. The van der Waals surface area contributed by atoms with Gasteiger partial charge in [-0.25, -0.2) is 4.98 Å². The van der Waals surface area contributed by atoms with Gasteiger partial charge in [0.2, 0.25) is 5.91 Å². The molecule has 162 valence electrons. The van der Waals surface area contributed by atoms with E-state index in [1.807, 2.05) is 35.8 Å². The summed E-state index contributed by atoms with van der Waals surface area (Å²) in [5.41, 5.74) is 0.643. The number of imidazole rings is 1. The summed E-state index contributed by atoms with van der Waals surface area (Å²) in [5, 5.41) is 3.30. The number of nitrogens with one attached hydrogen (secondary N) is 1. The summed E-state index contributed by atoms with van der Waals surface area (Å²) in [6.45, 7) is 7.42. The molecule has 7 nitrogen and oxygen atoms in total. The number of carbonyl (C=O) groups excluding carboxylic acids is 2. The molecule has 0 spiro atoms. The van der Waals surface area contributed by atoms with E-state index in [-0.39, 0.29) is 17.9 Å². The molecule has 30 heavy (non-hydrogen) atoms. The molecule has 2 amide bonds. The summed E-state index contributed by atoms with van der Waals surface area (Å²) < 4.78 is 7.14. The van der Waals surface area contributed by atoms with Crippen LogP contribution in [0.2, 0.25) is 0 Å². The van der Waals surface area contributed by atoms with Gasteiger partial charge in [-0.05, 0) is 37.3 Å². The van der Waals surface area contributed by atoms with Crippen LogP contribution in [0.25, 0.3) is 11.0 Å². The van der Waals surface area contributed by atoms with Crippen LogP contribution in [0.1, 0.15) is 50.7 Å². The fraction of sp³-hybridized carbons (Fsp3) is 0.609. The Bertz CT molecular complexity index is 955. The second kappa shape index (κ2) is 8.02. The van der Waals surface area contributed by atoms with Gasteiger partial charge < -0.3 is 19.5 Å². The Morgan fingerprint density at radius 1 is 1.30 bits per heavy atom. The van der Waals surface area contributed by atoms with Crippen molar-refractivity contribution in [2.45, 2.75) is 58.2 Å². The highest BCUT2D eigenvalue weighted by atomic mass is 16.5. The maximum absolute atomic E-state index is 13.6. The van der Waals surface area contributed by atoms with Gasteiger partial charge in [0.15, 0.2) is 5.82 Å². The Hall–Kier alpha value is -2.41. The zero-order valence-corrected chi connectivity index (χ0v) is 18.4. The number of nitrogens with zero attached hydrogens (tertiary/aromatic N) is 3. The molecule has 0 bridgehead atoms. The van der Waals surface area contributed by atoms with Gasteiger partial charge in [0.25, 0.3) is 5.91 Å². The van der Waals surface area contributed by atoms with Crippen LogP contribution in [0.4, 0.5) is 0 Å².